The molecule has 0 spiro atoms. The Hall–Kier alpha value is -5.24. The zero-order chi connectivity index (χ0) is 29.6. The van der Waals surface area contributed by atoms with Gasteiger partial charge >= 0.3 is 23.9 Å². The van der Waals surface area contributed by atoms with Crippen LogP contribution in [0.25, 0.3) is 0 Å². The number of hydrogen-bond acceptors (Lipinski definition) is 8. The van der Waals surface area contributed by atoms with Gasteiger partial charge in [-0.3, -0.25) is 19.2 Å². The summed E-state index contributed by atoms with van der Waals surface area (Å²) in [6.07, 6.45) is 0.773. The maximum absolute atomic E-state index is 13.0. The second-order valence-electron chi connectivity index (χ2n) is 9.33. The first-order valence-corrected chi connectivity index (χ1v) is 13.6. The Balaban J connectivity index is 1.42. The van der Waals surface area contributed by atoms with Gasteiger partial charge in [0, 0.05) is 0 Å². The fourth-order valence-electron chi connectivity index (χ4n) is 4.06. The van der Waals surface area contributed by atoms with E-state index in [1.54, 1.807) is 121 Å². The van der Waals surface area contributed by atoms with Gasteiger partial charge in [-0.15, -0.1) is 0 Å². The van der Waals surface area contributed by atoms with Crippen molar-refractivity contribution in [3.8, 4) is 23.0 Å². The van der Waals surface area contributed by atoms with E-state index >= 15 is 0 Å². The zero-order valence-electron chi connectivity index (χ0n) is 22.8. The molecule has 0 aliphatic rings. The normalized spacial score (nSPS) is 10.6. The molecule has 0 aliphatic carbocycles. The molecule has 0 heterocycles. The van der Waals surface area contributed by atoms with E-state index in [9.17, 15) is 19.2 Å². The van der Waals surface area contributed by atoms with Crippen LogP contribution >= 0.6 is 0 Å². The molecule has 8 heteroatoms. The molecular formula is C34H30O8. The Morgan fingerprint density at radius 2 is 0.595 bits per heavy atom. The van der Waals surface area contributed by atoms with Gasteiger partial charge in [-0.05, 0) is 61.4 Å². The molecule has 0 unspecified atom stereocenters. The largest absolute Gasteiger partial charge is 0.426 e. The second-order valence-corrected chi connectivity index (χ2v) is 9.33. The van der Waals surface area contributed by atoms with Crippen LogP contribution in [0.4, 0.5) is 0 Å². The van der Waals surface area contributed by atoms with Crippen LogP contribution in [-0.2, 0) is 19.2 Å². The van der Waals surface area contributed by atoms with Crippen molar-refractivity contribution in [2.45, 2.75) is 25.7 Å². The molecule has 4 aromatic rings. The first-order chi connectivity index (χ1) is 20.5. The highest BCUT2D eigenvalue weighted by atomic mass is 16.6. The highest BCUT2D eigenvalue weighted by Crippen LogP contribution is 2.23. The van der Waals surface area contributed by atoms with Gasteiger partial charge in [0.15, 0.2) is 11.8 Å². The van der Waals surface area contributed by atoms with Crippen molar-refractivity contribution in [1.29, 1.82) is 0 Å². The quantitative estimate of drug-likeness (QED) is 0.0815. The molecule has 0 radical (unpaired) electrons. The lowest BCUT2D eigenvalue weighted by atomic mass is 9.97. The van der Waals surface area contributed by atoms with E-state index in [2.05, 4.69) is 0 Å². The molecular weight excluding hydrogens is 536 g/mol. The molecule has 0 amide bonds. The Morgan fingerprint density at radius 1 is 0.381 bits per heavy atom. The minimum atomic E-state index is -1.23. The first kappa shape index (κ1) is 29.7. The SMILES string of the molecule is O=C(Oc1ccccc1)C(CCCCC(C(=O)Oc1ccccc1)C(=O)Oc1ccccc1)C(=O)Oc1ccccc1. The highest BCUT2D eigenvalue weighted by molar-refractivity contribution is 5.97. The van der Waals surface area contributed by atoms with E-state index in [4.69, 9.17) is 18.9 Å². The molecule has 0 atom stereocenters. The van der Waals surface area contributed by atoms with Crippen LogP contribution in [0.2, 0.25) is 0 Å². The molecule has 0 fully saturated rings. The van der Waals surface area contributed by atoms with E-state index in [-0.39, 0.29) is 12.8 Å². The van der Waals surface area contributed by atoms with Crippen LogP contribution < -0.4 is 18.9 Å². The van der Waals surface area contributed by atoms with Crippen molar-refractivity contribution in [1.82, 2.24) is 0 Å². The molecule has 0 saturated carbocycles. The van der Waals surface area contributed by atoms with Crippen LogP contribution in [0.5, 0.6) is 23.0 Å². The van der Waals surface area contributed by atoms with Crippen LogP contribution in [-0.4, -0.2) is 23.9 Å². The van der Waals surface area contributed by atoms with Gasteiger partial charge in [0.25, 0.3) is 0 Å². The maximum Gasteiger partial charge on any atom is 0.325 e. The van der Waals surface area contributed by atoms with Gasteiger partial charge in [-0.1, -0.05) is 85.6 Å². The van der Waals surface area contributed by atoms with Crippen molar-refractivity contribution in [2.75, 3.05) is 0 Å². The average molecular weight is 567 g/mol. The monoisotopic (exact) mass is 566 g/mol. The van der Waals surface area contributed by atoms with Crippen molar-refractivity contribution in [2.24, 2.45) is 11.8 Å². The van der Waals surface area contributed by atoms with Crippen molar-refractivity contribution < 1.29 is 38.1 Å². The number of unbranched alkanes of at least 4 members (excludes halogenated alkanes) is 1. The molecule has 0 bridgehead atoms. The minimum absolute atomic E-state index is 0.0749. The predicted molar refractivity (Wildman–Crippen MR) is 154 cm³/mol. The number of ether oxygens (including phenoxy) is 4. The molecule has 42 heavy (non-hydrogen) atoms. The van der Waals surface area contributed by atoms with Crippen LogP contribution in [0.3, 0.4) is 0 Å². The summed E-state index contributed by atoms with van der Waals surface area (Å²) in [4.78, 5) is 52.1. The number of hydrogen-bond donors (Lipinski definition) is 0. The second kappa shape index (κ2) is 15.5. The van der Waals surface area contributed by atoms with Crippen molar-refractivity contribution in [3.05, 3.63) is 121 Å². The Labute approximate surface area is 243 Å². The number of esters is 4. The zero-order valence-corrected chi connectivity index (χ0v) is 22.8. The third-order valence-corrected chi connectivity index (χ3v) is 6.22. The lowest BCUT2D eigenvalue weighted by Gasteiger charge is -2.17. The van der Waals surface area contributed by atoms with Gasteiger partial charge in [-0.2, -0.15) is 0 Å². The summed E-state index contributed by atoms with van der Waals surface area (Å²) in [7, 11) is 0. The smallest absolute Gasteiger partial charge is 0.325 e. The summed E-state index contributed by atoms with van der Waals surface area (Å²) in [6.45, 7) is 0. The number of carbonyl (C=O) groups is 4. The number of benzene rings is 4. The van der Waals surface area contributed by atoms with E-state index in [0.29, 0.717) is 35.8 Å². The molecule has 4 rings (SSSR count). The van der Waals surface area contributed by atoms with Gasteiger partial charge < -0.3 is 18.9 Å². The average Bonchev–Trinajstić information content (AvgIpc) is 3.00. The van der Waals surface area contributed by atoms with Gasteiger partial charge in [-0.25, -0.2) is 0 Å². The first-order valence-electron chi connectivity index (χ1n) is 13.6. The summed E-state index contributed by atoms with van der Waals surface area (Å²) in [5.74, 6) is -4.29. The third-order valence-electron chi connectivity index (χ3n) is 6.22. The molecule has 0 aromatic heterocycles. The molecule has 0 aliphatic heterocycles. The number of carbonyl (C=O) groups excluding carboxylic acids is 4. The molecule has 214 valence electrons. The fourth-order valence-corrected chi connectivity index (χ4v) is 4.06. The summed E-state index contributed by atoms with van der Waals surface area (Å²) in [6, 6.07) is 33.7. The summed E-state index contributed by atoms with van der Waals surface area (Å²) in [5, 5.41) is 0. The Kier molecular flexibility index (Phi) is 11.0. The molecule has 0 N–H and O–H groups in total. The maximum atomic E-state index is 13.0. The molecule has 0 saturated heterocycles. The van der Waals surface area contributed by atoms with Crippen molar-refractivity contribution in [3.63, 3.8) is 0 Å². The van der Waals surface area contributed by atoms with Crippen LogP contribution in [0, 0.1) is 11.8 Å². The standard InChI is InChI=1S/C34H30O8/c35-31(39-25-15-5-1-6-16-25)29(32(36)40-26-17-7-2-8-18-26)23-13-14-24-30(33(37)41-27-19-9-3-10-20-27)34(38)42-28-21-11-4-12-22-28/h1-12,15-22,29-30H,13-14,23-24H2. The van der Waals surface area contributed by atoms with E-state index < -0.39 is 35.7 Å². The van der Waals surface area contributed by atoms with Gasteiger partial charge in [0.2, 0.25) is 0 Å². The van der Waals surface area contributed by atoms with E-state index in [1.807, 2.05) is 0 Å². The van der Waals surface area contributed by atoms with Crippen LogP contribution in [0.15, 0.2) is 121 Å². The summed E-state index contributed by atoms with van der Waals surface area (Å²) < 4.78 is 21.7. The lowest BCUT2D eigenvalue weighted by molar-refractivity contribution is -0.154. The minimum Gasteiger partial charge on any atom is -0.426 e. The van der Waals surface area contributed by atoms with Crippen LogP contribution in [0.1, 0.15) is 25.7 Å². The summed E-state index contributed by atoms with van der Waals surface area (Å²) >= 11 is 0. The number of para-hydroxylation sites is 4. The van der Waals surface area contributed by atoms with Gasteiger partial charge in [0.1, 0.15) is 23.0 Å². The molecule has 4 aromatic carbocycles. The lowest BCUT2D eigenvalue weighted by Crippen LogP contribution is -2.32. The number of rotatable bonds is 13. The van der Waals surface area contributed by atoms with E-state index in [0.717, 1.165) is 0 Å². The van der Waals surface area contributed by atoms with E-state index in [1.165, 1.54) is 0 Å². The summed E-state index contributed by atoms with van der Waals surface area (Å²) in [5.41, 5.74) is 0. The predicted octanol–water partition coefficient (Wildman–Crippen LogP) is 6.20. The van der Waals surface area contributed by atoms with Gasteiger partial charge in [0.05, 0.1) is 0 Å². The fraction of sp³-hybridized carbons (Fsp3) is 0.176. The Bertz CT molecular complexity index is 1220. The Morgan fingerprint density at radius 3 is 0.810 bits per heavy atom. The highest BCUT2D eigenvalue weighted by Gasteiger charge is 2.33. The van der Waals surface area contributed by atoms with Crippen molar-refractivity contribution >= 4 is 23.9 Å². The topological polar surface area (TPSA) is 105 Å². The third kappa shape index (κ3) is 9.16. The molecule has 8 nitrogen and oxygen atoms in total.